The molecule has 2 atom stereocenters. The van der Waals surface area contributed by atoms with Gasteiger partial charge in [-0.05, 0) is 6.92 Å². The SMILES string of the molecule is CCO[C@@H]1C[C@H](C(N)=O)N(C(N)=O)C1. The topological polar surface area (TPSA) is 98.7 Å². The molecule has 1 saturated heterocycles. The summed E-state index contributed by atoms with van der Waals surface area (Å²) in [7, 11) is 0. The van der Waals surface area contributed by atoms with Gasteiger partial charge in [0.1, 0.15) is 6.04 Å². The third kappa shape index (κ3) is 2.14. The molecule has 0 aromatic rings. The summed E-state index contributed by atoms with van der Waals surface area (Å²) in [6, 6.07) is -1.25. The molecule has 6 nitrogen and oxygen atoms in total. The van der Waals surface area contributed by atoms with Crippen molar-refractivity contribution in [2.24, 2.45) is 11.5 Å². The maximum atomic E-state index is 11.0. The van der Waals surface area contributed by atoms with Gasteiger partial charge in [-0.1, -0.05) is 0 Å². The molecule has 1 fully saturated rings. The molecular formula is C8H15N3O3. The predicted octanol–water partition coefficient (Wildman–Crippen LogP) is -0.970. The first-order valence-electron chi connectivity index (χ1n) is 4.53. The summed E-state index contributed by atoms with van der Waals surface area (Å²) in [6.45, 7) is 2.74. The number of primary amides is 2. The molecule has 80 valence electrons. The first-order valence-corrected chi connectivity index (χ1v) is 4.53. The molecule has 0 saturated carbocycles. The van der Waals surface area contributed by atoms with Gasteiger partial charge in [0.25, 0.3) is 0 Å². The monoisotopic (exact) mass is 201 g/mol. The number of hydrogen-bond acceptors (Lipinski definition) is 3. The van der Waals surface area contributed by atoms with Crippen molar-refractivity contribution in [3.8, 4) is 0 Å². The number of carbonyl (C=O) groups is 2. The van der Waals surface area contributed by atoms with E-state index in [0.717, 1.165) is 0 Å². The molecule has 0 radical (unpaired) electrons. The fraction of sp³-hybridized carbons (Fsp3) is 0.750. The van der Waals surface area contributed by atoms with E-state index in [4.69, 9.17) is 16.2 Å². The van der Waals surface area contributed by atoms with E-state index >= 15 is 0 Å². The highest BCUT2D eigenvalue weighted by Crippen LogP contribution is 2.19. The van der Waals surface area contributed by atoms with E-state index in [1.54, 1.807) is 0 Å². The van der Waals surface area contributed by atoms with Crippen molar-refractivity contribution >= 4 is 11.9 Å². The third-order valence-electron chi connectivity index (χ3n) is 2.28. The van der Waals surface area contributed by atoms with Crippen molar-refractivity contribution < 1.29 is 14.3 Å². The molecule has 1 aliphatic heterocycles. The Hall–Kier alpha value is -1.30. The minimum Gasteiger partial charge on any atom is -0.377 e. The number of hydrogen-bond donors (Lipinski definition) is 2. The molecule has 14 heavy (non-hydrogen) atoms. The Morgan fingerprint density at radius 1 is 1.50 bits per heavy atom. The second kappa shape index (κ2) is 4.28. The fourth-order valence-corrected chi connectivity index (χ4v) is 1.67. The Kier molecular flexibility index (Phi) is 3.29. The number of carbonyl (C=O) groups excluding carboxylic acids is 2. The summed E-state index contributed by atoms with van der Waals surface area (Å²) in [4.78, 5) is 23.2. The standard InChI is InChI=1S/C8H15N3O3/c1-2-14-5-3-6(7(9)12)11(4-5)8(10)13/h5-6H,2-4H2,1H3,(H2,9,12)(H2,10,13)/t5-,6-/m1/s1. The first-order chi connectivity index (χ1) is 6.56. The number of urea groups is 1. The van der Waals surface area contributed by atoms with Gasteiger partial charge in [0.15, 0.2) is 0 Å². The van der Waals surface area contributed by atoms with Crippen LogP contribution in [0.5, 0.6) is 0 Å². The highest BCUT2D eigenvalue weighted by Gasteiger charge is 2.37. The Bertz CT molecular complexity index is 222. The van der Waals surface area contributed by atoms with Crippen LogP contribution in [0, 0.1) is 0 Å². The van der Waals surface area contributed by atoms with Crippen LogP contribution in [0.3, 0.4) is 0 Å². The van der Waals surface area contributed by atoms with Crippen LogP contribution < -0.4 is 11.5 Å². The molecule has 3 amide bonds. The summed E-state index contributed by atoms with van der Waals surface area (Å²) in [5.41, 5.74) is 10.2. The first kappa shape index (κ1) is 10.8. The van der Waals surface area contributed by atoms with Crippen LogP contribution in [0.2, 0.25) is 0 Å². The smallest absolute Gasteiger partial charge is 0.315 e. The molecule has 0 aromatic heterocycles. The minimum absolute atomic E-state index is 0.134. The maximum absolute atomic E-state index is 11.0. The lowest BCUT2D eigenvalue weighted by molar-refractivity contribution is -0.121. The lowest BCUT2D eigenvalue weighted by Crippen LogP contribution is -2.46. The van der Waals surface area contributed by atoms with Gasteiger partial charge in [-0.25, -0.2) is 4.79 Å². The predicted molar refractivity (Wildman–Crippen MR) is 49.3 cm³/mol. The molecule has 0 aromatic carbocycles. The molecule has 1 rings (SSSR count). The van der Waals surface area contributed by atoms with Gasteiger partial charge in [0, 0.05) is 19.6 Å². The van der Waals surface area contributed by atoms with Crippen molar-refractivity contribution in [2.75, 3.05) is 13.2 Å². The van der Waals surface area contributed by atoms with Gasteiger partial charge in [-0.2, -0.15) is 0 Å². The Morgan fingerprint density at radius 2 is 2.14 bits per heavy atom. The average molecular weight is 201 g/mol. The van der Waals surface area contributed by atoms with Crippen molar-refractivity contribution in [1.82, 2.24) is 4.90 Å². The average Bonchev–Trinajstić information content (AvgIpc) is 2.49. The lowest BCUT2D eigenvalue weighted by atomic mass is 10.2. The molecule has 4 N–H and O–H groups in total. The van der Waals surface area contributed by atoms with Gasteiger partial charge < -0.3 is 21.1 Å². The minimum atomic E-state index is -0.629. The van der Waals surface area contributed by atoms with E-state index in [1.807, 2.05) is 6.92 Å². The molecule has 6 heteroatoms. The van der Waals surface area contributed by atoms with Crippen LogP contribution in [-0.2, 0) is 9.53 Å². The molecule has 0 unspecified atom stereocenters. The van der Waals surface area contributed by atoms with Crippen LogP contribution in [0.15, 0.2) is 0 Å². The molecule has 1 aliphatic rings. The zero-order valence-corrected chi connectivity index (χ0v) is 8.10. The molecule has 0 aliphatic carbocycles. The van der Waals surface area contributed by atoms with Gasteiger partial charge in [0.2, 0.25) is 5.91 Å². The van der Waals surface area contributed by atoms with Gasteiger partial charge in [-0.15, -0.1) is 0 Å². The maximum Gasteiger partial charge on any atom is 0.315 e. The quantitative estimate of drug-likeness (QED) is 0.614. The lowest BCUT2D eigenvalue weighted by Gasteiger charge is -2.18. The Labute approximate surface area is 82.2 Å². The molecular weight excluding hydrogens is 186 g/mol. The number of amides is 3. The fourth-order valence-electron chi connectivity index (χ4n) is 1.67. The van der Waals surface area contributed by atoms with Crippen molar-refractivity contribution in [2.45, 2.75) is 25.5 Å². The van der Waals surface area contributed by atoms with Crippen molar-refractivity contribution in [3.63, 3.8) is 0 Å². The van der Waals surface area contributed by atoms with Crippen LogP contribution in [-0.4, -0.2) is 42.1 Å². The van der Waals surface area contributed by atoms with E-state index in [9.17, 15) is 9.59 Å². The Morgan fingerprint density at radius 3 is 2.50 bits per heavy atom. The third-order valence-corrected chi connectivity index (χ3v) is 2.28. The second-order valence-corrected chi connectivity index (χ2v) is 3.22. The number of rotatable bonds is 3. The number of ether oxygens (including phenoxy) is 1. The normalized spacial score (nSPS) is 26.5. The van der Waals surface area contributed by atoms with Gasteiger partial charge in [-0.3, -0.25) is 4.79 Å². The summed E-state index contributed by atoms with van der Waals surface area (Å²) in [5, 5.41) is 0. The van der Waals surface area contributed by atoms with E-state index in [0.29, 0.717) is 19.6 Å². The summed E-state index contributed by atoms with van der Waals surface area (Å²) >= 11 is 0. The molecule has 1 heterocycles. The van der Waals surface area contributed by atoms with Gasteiger partial charge >= 0.3 is 6.03 Å². The largest absolute Gasteiger partial charge is 0.377 e. The van der Waals surface area contributed by atoms with Crippen molar-refractivity contribution in [3.05, 3.63) is 0 Å². The van der Waals surface area contributed by atoms with Crippen LogP contribution in [0.25, 0.3) is 0 Å². The number of nitrogens with zero attached hydrogens (tertiary/aromatic N) is 1. The van der Waals surface area contributed by atoms with Crippen LogP contribution >= 0.6 is 0 Å². The molecule has 0 bridgehead atoms. The van der Waals surface area contributed by atoms with Crippen molar-refractivity contribution in [1.29, 1.82) is 0 Å². The van der Waals surface area contributed by atoms with E-state index < -0.39 is 18.0 Å². The van der Waals surface area contributed by atoms with Gasteiger partial charge in [0.05, 0.1) is 6.10 Å². The summed E-state index contributed by atoms with van der Waals surface area (Å²) in [5.74, 6) is -0.536. The zero-order valence-electron chi connectivity index (χ0n) is 8.10. The summed E-state index contributed by atoms with van der Waals surface area (Å²) in [6.07, 6.45) is 0.302. The second-order valence-electron chi connectivity index (χ2n) is 3.22. The van der Waals surface area contributed by atoms with E-state index in [2.05, 4.69) is 0 Å². The van der Waals surface area contributed by atoms with Crippen LogP contribution in [0.1, 0.15) is 13.3 Å². The highest BCUT2D eigenvalue weighted by atomic mass is 16.5. The molecule has 0 spiro atoms. The van der Waals surface area contributed by atoms with E-state index in [-0.39, 0.29) is 6.10 Å². The van der Waals surface area contributed by atoms with E-state index in [1.165, 1.54) is 4.90 Å². The summed E-state index contributed by atoms with van der Waals surface area (Å²) < 4.78 is 5.31. The zero-order chi connectivity index (χ0) is 10.7. The number of nitrogens with two attached hydrogens (primary N) is 2. The van der Waals surface area contributed by atoms with Crippen LogP contribution in [0.4, 0.5) is 4.79 Å². The number of likely N-dealkylation sites (tertiary alicyclic amines) is 1. The highest BCUT2D eigenvalue weighted by molar-refractivity contribution is 5.86. The Balaban J connectivity index is 2.65.